The average Bonchev–Trinajstić information content (AvgIpc) is 3.24. The molecule has 3 heterocycles. The molecular weight excluding hydrogens is 424 g/mol. The summed E-state index contributed by atoms with van der Waals surface area (Å²) in [6.07, 6.45) is 0.599. The lowest BCUT2D eigenvalue weighted by Gasteiger charge is -2.14. The monoisotopic (exact) mass is 440 g/mol. The summed E-state index contributed by atoms with van der Waals surface area (Å²) in [6, 6.07) is 20.4. The lowest BCUT2D eigenvalue weighted by atomic mass is 10.1. The van der Waals surface area contributed by atoms with E-state index in [1.165, 1.54) is 4.90 Å². The summed E-state index contributed by atoms with van der Waals surface area (Å²) in [5.74, 6) is -0.462. The second-order valence-corrected chi connectivity index (χ2v) is 8.30. The number of aromatic nitrogens is 3. The molecule has 0 bridgehead atoms. The van der Waals surface area contributed by atoms with Crippen LogP contribution >= 0.6 is 11.6 Å². The highest BCUT2D eigenvalue weighted by Crippen LogP contribution is 2.31. The Morgan fingerprint density at radius 1 is 0.781 bits per heavy atom. The lowest BCUT2D eigenvalue weighted by Crippen LogP contribution is -2.31. The van der Waals surface area contributed by atoms with Crippen molar-refractivity contribution in [3.8, 4) is 0 Å². The zero-order valence-corrected chi connectivity index (χ0v) is 17.7. The van der Waals surface area contributed by atoms with Gasteiger partial charge in [-0.3, -0.25) is 14.5 Å². The van der Waals surface area contributed by atoms with E-state index in [1.807, 2.05) is 42.5 Å². The molecule has 0 saturated heterocycles. The fourth-order valence-corrected chi connectivity index (χ4v) is 4.63. The Morgan fingerprint density at radius 3 is 2.16 bits per heavy atom. The standard InChI is InChI=1S/C25H17ClN4O2/c26-15-10-11-21-18(14-15)22-23(28-20-9-4-3-8-19(20)27-22)29(21)12-5-13-30-24(31)16-6-1-2-7-17(16)25(30)32/h1-4,6-11,14H,5,12-13H2. The van der Waals surface area contributed by atoms with Crippen LogP contribution in [0.2, 0.25) is 5.02 Å². The predicted molar refractivity (Wildman–Crippen MR) is 124 cm³/mol. The van der Waals surface area contributed by atoms with E-state index in [0.717, 1.165) is 33.1 Å². The molecule has 7 heteroatoms. The molecule has 2 aromatic heterocycles. The highest BCUT2D eigenvalue weighted by atomic mass is 35.5. The SMILES string of the molecule is O=C1c2ccccc2C(=O)N1CCCn1c2ccc(Cl)cc2c2nc3ccccc3nc21. The minimum absolute atomic E-state index is 0.231. The van der Waals surface area contributed by atoms with E-state index in [1.54, 1.807) is 24.3 Å². The number of nitrogens with zero attached hydrogens (tertiary/aromatic N) is 4. The second-order valence-electron chi connectivity index (χ2n) is 7.86. The van der Waals surface area contributed by atoms with E-state index in [-0.39, 0.29) is 11.8 Å². The van der Waals surface area contributed by atoms with Crippen LogP contribution in [0.25, 0.3) is 33.1 Å². The van der Waals surface area contributed by atoms with Crippen molar-refractivity contribution < 1.29 is 9.59 Å². The van der Waals surface area contributed by atoms with Crippen molar-refractivity contribution in [3.05, 3.63) is 82.9 Å². The second kappa shape index (κ2) is 7.14. The maximum Gasteiger partial charge on any atom is 0.261 e. The summed E-state index contributed by atoms with van der Waals surface area (Å²) in [6.45, 7) is 0.921. The van der Waals surface area contributed by atoms with Crippen LogP contribution in [0, 0.1) is 0 Å². The topological polar surface area (TPSA) is 68.1 Å². The number of amides is 2. The summed E-state index contributed by atoms with van der Waals surface area (Å²) < 4.78 is 2.10. The Balaban J connectivity index is 1.37. The van der Waals surface area contributed by atoms with Gasteiger partial charge in [-0.05, 0) is 48.9 Å². The van der Waals surface area contributed by atoms with Crippen LogP contribution < -0.4 is 0 Å². The van der Waals surface area contributed by atoms with Gasteiger partial charge in [-0.25, -0.2) is 9.97 Å². The van der Waals surface area contributed by atoms with Crippen LogP contribution in [0.5, 0.6) is 0 Å². The van der Waals surface area contributed by atoms with Gasteiger partial charge in [-0.15, -0.1) is 0 Å². The first-order chi connectivity index (χ1) is 15.6. The maximum atomic E-state index is 12.7. The van der Waals surface area contributed by atoms with E-state index in [4.69, 9.17) is 21.6 Å². The molecule has 2 amide bonds. The van der Waals surface area contributed by atoms with Crippen molar-refractivity contribution in [3.63, 3.8) is 0 Å². The van der Waals surface area contributed by atoms with Crippen LogP contribution in [-0.4, -0.2) is 37.8 Å². The van der Waals surface area contributed by atoms with Crippen molar-refractivity contribution in [1.82, 2.24) is 19.4 Å². The zero-order chi connectivity index (χ0) is 21.8. The number of rotatable bonds is 4. The third kappa shape index (κ3) is 2.80. The van der Waals surface area contributed by atoms with Crippen LogP contribution in [0.1, 0.15) is 27.1 Å². The molecule has 0 atom stereocenters. The average molecular weight is 441 g/mol. The molecule has 6 nitrogen and oxygen atoms in total. The minimum Gasteiger partial charge on any atom is -0.324 e. The fraction of sp³-hybridized carbons (Fsp3) is 0.120. The van der Waals surface area contributed by atoms with Gasteiger partial charge in [0.2, 0.25) is 0 Å². The molecule has 0 fully saturated rings. The van der Waals surface area contributed by atoms with Gasteiger partial charge in [0.25, 0.3) is 11.8 Å². The van der Waals surface area contributed by atoms with E-state index in [0.29, 0.717) is 35.7 Å². The summed E-state index contributed by atoms with van der Waals surface area (Å²) >= 11 is 6.27. The van der Waals surface area contributed by atoms with Gasteiger partial charge in [0, 0.05) is 23.5 Å². The largest absolute Gasteiger partial charge is 0.324 e. The van der Waals surface area contributed by atoms with E-state index < -0.39 is 0 Å². The predicted octanol–water partition coefficient (Wildman–Crippen LogP) is 5.08. The normalized spacial score (nSPS) is 13.6. The Kier molecular flexibility index (Phi) is 4.23. The van der Waals surface area contributed by atoms with Gasteiger partial charge in [-0.1, -0.05) is 35.9 Å². The molecule has 0 spiro atoms. The zero-order valence-electron chi connectivity index (χ0n) is 17.0. The molecular formula is C25H17ClN4O2. The number of hydrogen-bond acceptors (Lipinski definition) is 4. The quantitative estimate of drug-likeness (QED) is 0.365. The molecule has 6 rings (SSSR count). The molecule has 0 N–H and O–H groups in total. The Bertz CT molecular complexity index is 1540. The minimum atomic E-state index is -0.231. The van der Waals surface area contributed by atoms with Gasteiger partial charge in [-0.2, -0.15) is 0 Å². The van der Waals surface area contributed by atoms with Gasteiger partial charge < -0.3 is 4.57 Å². The number of hydrogen-bond donors (Lipinski definition) is 0. The molecule has 1 aliphatic heterocycles. The summed E-state index contributed by atoms with van der Waals surface area (Å²) in [5, 5.41) is 1.57. The summed E-state index contributed by atoms with van der Waals surface area (Å²) in [7, 11) is 0. The van der Waals surface area contributed by atoms with E-state index >= 15 is 0 Å². The first kappa shape index (κ1) is 19.0. The molecule has 0 unspecified atom stereocenters. The van der Waals surface area contributed by atoms with Crippen molar-refractivity contribution in [2.45, 2.75) is 13.0 Å². The van der Waals surface area contributed by atoms with E-state index in [2.05, 4.69) is 4.57 Å². The van der Waals surface area contributed by atoms with Gasteiger partial charge in [0.1, 0.15) is 5.52 Å². The van der Waals surface area contributed by atoms with Crippen LogP contribution in [0.15, 0.2) is 66.7 Å². The number of carbonyl (C=O) groups excluding carboxylic acids is 2. The maximum absolute atomic E-state index is 12.7. The molecule has 3 aromatic carbocycles. The molecule has 1 aliphatic rings. The molecule has 0 radical (unpaired) electrons. The van der Waals surface area contributed by atoms with Crippen molar-refractivity contribution in [1.29, 1.82) is 0 Å². The highest BCUT2D eigenvalue weighted by molar-refractivity contribution is 6.31. The highest BCUT2D eigenvalue weighted by Gasteiger charge is 2.34. The number of imide groups is 1. The smallest absolute Gasteiger partial charge is 0.261 e. The number of fused-ring (bicyclic) bond motifs is 5. The Labute approximate surface area is 188 Å². The van der Waals surface area contributed by atoms with Crippen LogP contribution in [0.3, 0.4) is 0 Å². The van der Waals surface area contributed by atoms with Crippen molar-refractivity contribution >= 4 is 56.5 Å². The number of para-hydroxylation sites is 2. The van der Waals surface area contributed by atoms with Gasteiger partial charge in [0.15, 0.2) is 5.65 Å². The summed E-state index contributed by atoms with van der Waals surface area (Å²) in [4.78, 5) is 36.4. The lowest BCUT2D eigenvalue weighted by molar-refractivity contribution is 0.0651. The number of halogens is 1. The van der Waals surface area contributed by atoms with Crippen molar-refractivity contribution in [2.24, 2.45) is 0 Å². The molecule has 156 valence electrons. The van der Waals surface area contributed by atoms with Crippen molar-refractivity contribution in [2.75, 3.05) is 6.54 Å². The third-order valence-electron chi connectivity index (χ3n) is 5.95. The molecule has 32 heavy (non-hydrogen) atoms. The number of benzene rings is 3. The van der Waals surface area contributed by atoms with Gasteiger partial charge >= 0.3 is 0 Å². The van der Waals surface area contributed by atoms with Crippen LogP contribution in [0.4, 0.5) is 0 Å². The number of aryl methyl sites for hydroxylation is 1. The summed E-state index contributed by atoms with van der Waals surface area (Å²) in [5.41, 5.74) is 5.12. The van der Waals surface area contributed by atoms with E-state index in [9.17, 15) is 9.59 Å². The molecule has 5 aromatic rings. The molecule has 0 saturated carbocycles. The third-order valence-corrected chi connectivity index (χ3v) is 6.19. The first-order valence-electron chi connectivity index (χ1n) is 10.4. The Hall–Kier alpha value is -3.77. The number of carbonyl (C=O) groups is 2. The fourth-order valence-electron chi connectivity index (χ4n) is 4.46. The molecule has 0 aliphatic carbocycles. The Morgan fingerprint density at radius 2 is 1.44 bits per heavy atom. The van der Waals surface area contributed by atoms with Crippen LogP contribution in [-0.2, 0) is 6.54 Å². The van der Waals surface area contributed by atoms with Gasteiger partial charge in [0.05, 0.1) is 27.7 Å². The first-order valence-corrected chi connectivity index (χ1v) is 10.8.